The van der Waals surface area contributed by atoms with E-state index in [1.165, 1.54) is 0 Å². The second-order valence-electron chi connectivity index (χ2n) is 13.5. The topological polar surface area (TPSA) is 26.3 Å². The zero-order valence-corrected chi connectivity index (χ0v) is 28.5. The van der Waals surface area contributed by atoms with Gasteiger partial charge < -0.3 is 8.83 Å². The van der Waals surface area contributed by atoms with Gasteiger partial charge in [-0.3, -0.25) is 0 Å². The van der Waals surface area contributed by atoms with E-state index in [1.807, 2.05) is 66.7 Å². The van der Waals surface area contributed by atoms with Gasteiger partial charge in [0.25, 0.3) is 0 Å². The first kappa shape index (κ1) is 31.7. The minimum atomic E-state index is 0.189. The van der Waals surface area contributed by atoms with Crippen molar-refractivity contribution < 1.29 is 8.83 Å². The standard InChI is InChI=1S/C46H23B5O2/c47-42-41(43(48)45(50)46(51)44(42)49)40-29-14-6-4-12-27(29)38(28-13-5-7-15-30(28)40)32-17-9-19-35-39(32)31-21-20-25(22-37(31)53-35)26-16-8-18-34-33(26)23-36(52-34)24-10-2-1-3-11-24/h1-23H. The molecule has 0 aliphatic heterocycles. The second-order valence-corrected chi connectivity index (χ2v) is 13.5. The highest BCUT2D eigenvalue weighted by Crippen LogP contribution is 2.47. The molecule has 0 N–H and O–H groups in total. The van der Waals surface area contributed by atoms with Gasteiger partial charge in [0.15, 0.2) is 0 Å². The monoisotopic (exact) mass is 662 g/mol. The molecule has 0 saturated carbocycles. The molecule has 0 aliphatic rings. The van der Waals surface area contributed by atoms with E-state index in [9.17, 15) is 0 Å². The Labute approximate surface area is 312 Å². The summed E-state index contributed by atoms with van der Waals surface area (Å²) in [4.78, 5) is 0. The minimum Gasteiger partial charge on any atom is -0.456 e. The van der Waals surface area contributed by atoms with Gasteiger partial charge in [-0.15, -0.1) is 16.4 Å². The first-order chi connectivity index (χ1) is 25.9. The number of benzene rings is 8. The van der Waals surface area contributed by atoms with Crippen molar-refractivity contribution >= 4 is 121 Å². The molecule has 10 radical (unpaired) electrons. The summed E-state index contributed by atoms with van der Waals surface area (Å²) >= 11 is 0. The Kier molecular flexibility index (Phi) is 7.17. The Morgan fingerprint density at radius 1 is 0.321 bits per heavy atom. The van der Waals surface area contributed by atoms with Crippen molar-refractivity contribution in [1.82, 2.24) is 0 Å². The third kappa shape index (κ3) is 4.73. The maximum atomic E-state index is 6.69. The lowest BCUT2D eigenvalue weighted by atomic mass is 9.59. The summed E-state index contributed by atoms with van der Waals surface area (Å²) in [5.41, 5.74) is 10.4. The number of hydrogen-bond acceptors (Lipinski definition) is 2. The van der Waals surface area contributed by atoms with Crippen LogP contribution in [0.5, 0.6) is 0 Å². The van der Waals surface area contributed by atoms with Gasteiger partial charge >= 0.3 is 0 Å². The number of hydrogen-bond donors (Lipinski definition) is 0. The van der Waals surface area contributed by atoms with E-state index < -0.39 is 0 Å². The van der Waals surface area contributed by atoms with Crippen molar-refractivity contribution in [1.29, 1.82) is 0 Å². The third-order valence-electron chi connectivity index (χ3n) is 10.6. The van der Waals surface area contributed by atoms with Gasteiger partial charge in [0.2, 0.25) is 0 Å². The summed E-state index contributed by atoms with van der Waals surface area (Å²) in [5.74, 6) is 0.835. The van der Waals surface area contributed by atoms with Crippen molar-refractivity contribution in [3.63, 3.8) is 0 Å². The van der Waals surface area contributed by atoms with Crippen molar-refractivity contribution in [3.05, 3.63) is 140 Å². The molecule has 8 aromatic carbocycles. The van der Waals surface area contributed by atoms with Crippen LogP contribution >= 0.6 is 0 Å². The summed E-state index contributed by atoms with van der Waals surface area (Å²) in [6.07, 6.45) is 0. The number of fused-ring (bicyclic) bond motifs is 6. The molecule has 0 unspecified atom stereocenters. The Morgan fingerprint density at radius 2 is 0.887 bits per heavy atom. The molecule has 0 spiro atoms. The van der Waals surface area contributed by atoms with Crippen LogP contribution in [0.1, 0.15) is 0 Å². The van der Waals surface area contributed by atoms with Crippen LogP contribution in [0.15, 0.2) is 148 Å². The predicted octanol–water partition coefficient (Wildman–Crippen LogP) is 7.28. The van der Waals surface area contributed by atoms with Crippen LogP contribution in [0.25, 0.3) is 99.2 Å². The van der Waals surface area contributed by atoms with E-state index in [0.717, 1.165) is 93.6 Å². The molecule has 0 saturated heterocycles. The van der Waals surface area contributed by atoms with Gasteiger partial charge in [-0.1, -0.05) is 120 Å². The summed E-state index contributed by atoms with van der Waals surface area (Å²) < 4.78 is 13.0. The van der Waals surface area contributed by atoms with Crippen molar-refractivity contribution in [2.75, 3.05) is 0 Å². The molecule has 7 heteroatoms. The quantitative estimate of drug-likeness (QED) is 0.147. The summed E-state index contributed by atoms with van der Waals surface area (Å²) in [6, 6.07) is 47.7. The molecule has 53 heavy (non-hydrogen) atoms. The lowest BCUT2D eigenvalue weighted by Crippen LogP contribution is -2.55. The first-order valence-corrected chi connectivity index (χ1v) is 17.4. The van der Waals surface area contributed by atoms with Crippen LogP contribution < -0.4 is 27.3 Å². The fraction of sp³-hybridized carbons (Fsp3) is 0. The Balaban J connectivity index is 1.21. The largest absolute Gasteiger partial charge is 0.456 e. The Bertz CT molecular complexity index is 3040. The van der Waals surface area contributed by atoms with Crippen molar-refractivity contribution in [2.45, 2.75) is 0 Å². The van der Waals surface area contributed by atoms with Crippen molar-refractivity contribution in [2.24, 2.45) is 0 Å². The summed E-state index contributed by atoms with van der Waals surface area (Å²) in [7, 11) is 32.4. The zero-order valence-electron chi connectivity index (χ0n) is 28.5. The van der Waals surface area contributed by atoms with Gasteiger partial charge in [-0.25, -0.2) is 0 Å². The van der Waals surface area contributed by atoms with Crippen LogP contribution in [0.4, 0.5) is 0 Å². The normalized spacial score (nSPS) is 11.8. The lowest BCUT2D eigenvalue weighted by molar-refractivity contribution is 0.631. The fourth-order valence-electron chi connectivity index (χ4n) is 8.07. The average molecular weight is 662 g/mol. The Hall–Kier alpha value is -6.06. The third-order valence-corrected chi connectivity index (χ3v) is 10.6. The first-order valence-electron chi connectivity index (χ1n) is 17.4. The van der Waals surface area contributed by atoms with Gasteiger partial charge in [0.1, 0.15) is 61.7 Å². The van der Waals surface area contributed by atoms with Gasteiger partial charge in [-0.05, 0) is 85.3 Å². The maximum absolute atomic E-state index is 6.69. The van der Waals surface area contributed by atoms with E-state index in [1.54, 1.807) is 0 Å². The SMILES string of the molecule is [B]c1c([B])c([B])c(-c2c3ccccc3c(-c3cccc4oc5cc(-c6cccc7oc(-c8ccccc8)cc67)ccc5c34)c3ccccc23)c([B])c1[B]. The molecule has 10 aromatic rings. The highest BCUT2D eigenvalue weighted by Gasteiger charge is 2.23. The van der Waals surface area contributed by atoms with Gasteiger partial charge in [-0.2, -0.15) is 0 Å². The van der Waals surface area contributed by atoms with Crippen LogP contribution in [0, 0.1) is 0 Å². The molecule has 10 rings (SSSR count). The van der Waals surface area contributed by atoms with E-state index in [2.05, 4.69) is 72.8 Å². The van der Waals surface area contributed by atoms with Crippen molar-refractivity contribution in [3.8, 4) is 44.7 Å². The van der Waals surface area contributed by atoms with E-state index in [4.69, 9.17) is 48.1 Å². The highest BCUT2D eigenvalue weighted by atomic mass is 16.3. The van der Waals surface area contributed by atoms with E-state index >= 15 is 0 Å². The molecule has 0 atom stereocenters. The molecular weight excluding hydrogens is 639 g/mol. The van der Waals surface area contributed by atoms with Crippen LogP contribution in [0.2, 0.25) is 0 Å². The van der Waals surface area contributed by atoms with Gasteiger partial charge in [0.05, 0.1) is 0 Å². The zero-order chi connectivity index (χ0) is 36.0. The lowest BCUT2D eigenvalue weighted by Gasteiger charge is -2.25. The van der Waals surface area contributed by atoms with E-state index in [0.29, 0.717) is 16.5 Å². The molecule has 2 heterocycles. The van der Waals surface area contributed by atoms with Crippen LogP contribution in [0.3, 0.4) is 0 Å². The summed E-state index contributed by atoms with van der Waals surface area (Å²) in [6.45, 7) is 0. The molecule has 0 aliphatic carbocycles. The number of rotatable bonds is 4. The van der Waals surface area contributed by atoms with Crippen LogP contribution in [-0.4, -0.2) is 39.2 Å². The van der Waals surface area contributed by atoms with Crippen LogP contribution in [-0.2, 0) is 0 Å². The average Bonchev–Trinajstić information content (AvgIpc) is 3.81. The maximum Gasteiger partial charge on any atom is 0.136 e. The summed E-state index contributed by atoms with van der Waals surface area (Å²) in [5, 5.41) is 7.06. The Morgan fingerprint density at radius 3 is 1.55 bits per heavy atom. The number of furan rings is 2. The van der Waals surface area contributed by atoms with Gasteiger partial charge in [0, 0.05) is 21.7 Å². The molecular formula is C46H23B5O2. The molecule has 0 fully saturated rings. The van der Waals surface area contributed by atoms with E-state index in [-0.39, 0.29) is 16.4 Å². The highest BCUT2D eigenvalue weighted by molar-refractivity contribution is 6.69. The molecule has 234 valence electrons. The second kappa shape index (κ2) is 12.0. The fourth-order valence-corrected chi connectivity index (χ4v) is 8.07. The molecule has 0 amide bonds. The predicted molar refractivity (Wildman–Crippen MR) is 227 cm³/mol. The molecule has 0 bridgehead atoms. The smallest absolute Gasteiger partial charge is 0.136 e. The molecule has 2 aromatic heterocycles. The minimum absolute atomic E-state index is 0.189. The molecule has 2 nitrogen and oxygen atoms in total.